The Morgan fingerprint density at radius 1 is 1.12 bits per heavy atom. The predicted molar refractivity (Wildman–Crippen MR) is 83.5 cm³/mol. The summed E-state index contributed by atoms with van der Waals surface area (Å²) in [7, 11) is 1.60. The fraction of sp³-hybridized carbons (Fsp3) is 0.0588. The van der Waals surface area contributed by atoms with E-state index < -0.39 is 16.7 Å². The van der Waals surface area contributed by atoms with E-state index in [0.717, 1.165) is 0 Å². The van der Waals surface area contributed by atoms with Crippen LogP contribution in [0.4, 0.5) is 5.69 Å². The van der Waals surface area contributed by atoms with Gasteiger partial charge in [0.1, 0.15) is 7.05 Å². The van der Waals surface area contributed by atoms with Crippen LogP contribution in [0.5, 0.6) is 5.95 Å². The maximum Gasteiger partial charge on any atom is 0.383 e. The van der Waals surface area contributed by atoms with E-state index in [-0.39, 0.29) is 16.9 Å². The van der Waals surface area contributed by atoms with Gasteiger partial charge in [0, 0.05) is 17.7 Å². The lowest BCUT2D eigenvalue weighted by atomic mass is 10.1. The summed E-state index contributed by atoms with van der Waals surface area (Å²) in [4.78, 5) is 22.7. The van der Waals surface area contributed by atoms with Crippen LogP contribution in [0, 0.1) is 10.1 Å². The first-order chi connectivity index (χ1) is 11.5. The number of oxazole rings is 1. The second-order valence-corrected chi connectivity index (χ2v) is 5.12. The Hall–Kier alpha value is -3.48. The first-order valence-corrected chi connectivity index (χ1v) is 7.05. The van der Waals surface area contributed by atoms with Crippen molar-refractivity contribution in [2.75, 3.05) is 0 Å². The second-order valence-electron chi connectivity index (χ2n) is 5.12. The highest BCUT2D eigenvalue weighted by molar-refractivity contribution is 6.08. The van der Waals surface area contributed by atoms with Crippen molar-refractivity contribution in [3.8, 4) is 17.4 Å². The summed E-state index contributed by atoms with van der Waals surface area (Å²) in [5.41, 5.74) is 0.782. The van der Waals surface area contributed by atoms with E-state index in [0.29, 0.717) is 11.5 Å². The molecule has 0 spiro atoms. The first-order valence-electron chi connectivity index (χ1n) is 7.05. The summed E-state index contributed by atoms with van der Waals surface area (Å²) in [5, 5.41) is 20.7. The molecule has 3 aromatic rings. The van der Waals surface area contributed by atoms with Gasteiger partial charge in [-0.15, -0.1) is 0 Å². The summed E-state index contributed by atoms with van der Waals surface area (Å²) in [5.74, 6) is -0.658. The molecule has 1 aromatic heterocycles. The summed E-state index contributed by atoms with van der Waals surface area (Å²) in [6, 6.07) is 14.2. The maximum absolute atomic E-state index is 12.6. The molecule has 0 amide bonds. The molecule has 0 fully saturated rings. The third kappa shape index (κ3) is 2.63. The lowest BCUT2D eigenvalue weighted by Gasteiger charge is -1.97. The number of nitrogens with zero attached hydrogens (tertiary/aromatic N) is 2. The normalized spacial score (nSPS) is 10.5. The number of hydrogen-bond donors (Lipinski definition) is 1. The van der Waals surface area contributed by atoms with Crippen molar-refractivity contribution >= 4 is 11.5 Å². The van der Waals surface area contributed by atoms with E-state index in [1.807, 2.05) is 18.2 Å². The molecule has 2 aromatic carbocycles. The summed E-state index contributed by atoms with van der Waals surface area (Å²) < 4.78 is 6.78. The highest BCUT2D eigenvalue weighted by atomic mass is 16.6. The SMILES string of the molecule is C[n+]1c(-c2ccccc2)oc(O)c1C(=O)c1ccc([N+](=O)[O-])cc1. The predicted octanol–water partition coefficient (Wildman–Crippen LogP) is 2.62. The Bertz CT molecular complexity index is 914. The number of carbonyl (C=O) groups is 1. The molecular weight excluding hydrogens is 312 g/mol. The third-order valence-corrected chi connectivity index (χ3v) is 3.61. The standard InChI is InChI=1S/C17H12N2O5/c1-18-14(15(20)11-7-9-13(10-8-11)19(22)23)17(21)24-16(18)12-5-3-2-4-6-12/h2-10H,1H3/p+1. The zero-order valence-corrected chi connectivity index (χ0v) is 12.7. The summed E-state index contributed by atoms with van der Waals surface area (Å²) >= 11 is 0. The molecule has 0 unspecified atom stereocenters. The van der Waals surface area contributed by atoms with E-state index in [2.05, 4.69) is 0 Å². The quantitative estimate of drug-likeness (QED) is 0.344. The van der Waals surface area contributed by atoms with Crippen molar-refractivity contribution in [1.82, 2.24) is 0 Å². The Balaban J connectivity index is 2.02. The van der Waals surface area contributed by atoms with Crippen LogP contribution >= 0.6 is 0 Å². The Labute approximate surface area is 136 Å². The van der Waals surface area contributed by atoms with Gasteiger partial charge in [0.2, 0.25) is 0 Å². The van der Waals surface area contributed by atoms with E-state index in [4.69, 9.17) is 4.42 Å². The molecule has 24 heavy (non-hydrogen) atoms. The molecule has 0 aliphatic rings. The van der Waals surface area contributed by atoms with E-state index in [1.54, 1.807) is 19.2 Å². The van der Waals surface area contributed by atoms with Crippen LogP contribution in [0.1, 0.15) is 16.1 Å². The first kappa shape index (κ1) is 15.4. The number of ketones is 1. The van der Waals surface area contributed by atoms with Crippen LogP contribution in [-0.2, 0) is 7.05 Å². The van der Waals surface area contributed by atoms with Gasteiger partial charge in [0.25, 0.3) is 11.5 Å². The van der Waals surface area contributed by atoms with Gasteiger partial charge in [-0.3, -0.25) is 14.9 Å². The number of aromatic hydroxyl groups is 1. The van der Waals surface area contributed by atoms with E-state index in [1.165, 1.54) is 28.8 Å². The van der Waals surface area contributed by atoms with Crippen molar-refractivity contribution in [2.45, 2.75) is 0 Å². The Kier molecular flexibility index (Phi) is 3.83. The van der Waals surface area contributed by atoms with Crippen LogP contribution in [0.3, 0.4) is 0 Å². The number of carbonyl (C=O) groups excluding carboxylic acids is 1. The fourth-order valence-corrected chi connectivity index (χ4v) is 2.41. The van der Waals surface area contributed by atoms with Crippen molar-refractivity contribution < 1.29 is 23.8 Å². The molecule has 0 aliphatic heterocycles. The number of nitro benzene ring substituents is 1. The third-order valence-electron chi connectivity index (χ3n) is 3.61. The molecule has 120 valence electrons. The highest BCUT2D eigenvalue weighted by Crippen LogP contribution is 2.26. The monoisotopic (exact) mass is 325 g/mol. The lowest BCUT2D eigenvalue weighted by molar-refractivity contribution is -0.664. The number of benzene rings is 2. The molecule has 0 radical (unpaired) electrons. The molecule has 0 saturated heterocycles. The average molecular weight is 325 g/mol. The van der Waals surface area contributed by atoms with Crippen molar-refractivity contribution in [2.24, 2.45) is 7.05 Å². The molecule has 1 N–H and O–H groups in total. The van der Waals surface area contributed by atoms with Gasteiger partial charge in [-0.1, -0.05) is 18.2 Å². The van der Waals surface area contributed by atoms with Crippen molar-refractivity contribution in [3.05, 3.63) is 76.0 Å². The molecule has 1 heterocycles. The van der Waals surface area contributed by atoms with Crippen LogP contribution in [0.15, 0.2) is 59.0 Å². The Morgan fingerprint density at radius 3 is 2.33 bits per heavy atom. The van der Waals surface area contributed by atoms with Crippen molar-refractivity contribution in [1.29, 1.82) is 0 Å². The zero-order chi connectivity index (χ0) is 17.3. The van der Waals surface area contributed by atoms with E-state index >= 15 is 0 Å². The maximum atomic E-state index is 12.6. The molecule has 0 saturated carbocycles. The number of nitro groups is 1. The fourth-order valence-electron chi connectivity index (χ4n) is 2.41. The molecule has 7 nitrogen and oxygen atoms in total. The smallest absolute Gasteiger partial charge is 0.383 e. The molecule has 3 rings (SSSR count). The van der Waals surface area contributed by atoms with Crippen LogP contribution in [-0.4, -0.2) is 15.8 Å². The second kappa shape index (κ2) is 5.96. The lowest BCUT2D eigenvalue weighted by Crippen LogP contribution is -2.35. The summed E-state index contributed by atoms with van der Waals surface area (Å²) in [6.07, 6.45) is 0. The molecular formula is C17H13N2O5+. The highest BCUT2D eigenvalue weighted by Gasteiger charge is 2.33. The van der Waals surface area contributed by atoms with Gasteiger partial charge in [-0.25, -0.2) is 0 Å². The summed E-state index contributed by atoms with van der Waals surface area (Å²) in [6.45, 7) is 0. The zero-order valence-electron chi connectivity index (χ0n) is 12.7. The Morgan fingerprint density at radius 2 is 1.75 bits per heavy atom. The molecule has 0 bridgehead atoms. The van der Waals surface area contributed by atoms with Gasteiger partial charge >= 0.3 is 17.5 Å². The van der Waals surface area contributed by atoms with Crippen LogP contribution in [0.25, 0.3) is 11.5 Å². The number of non-ortho nitro benzene ring substituents is 1. The van der Waals surface area contributed by atoms with Gasteiger partial charge in [0.15, 0.2) is 0 Å². The minimum Gasteiger partial charge on any atom is -0.476 e. The van der Waals surface area contributed by atoms with Gasteiger partial charge in [-0.05, 0) is 24.3 Å². The number of hydrogen-bond acceptors (Lipinski definition) is 5. The molecule has 7 heteroatoms. The van der Waals surface area contributed by atoms with Crippen LogP contribution < -0.4 is 4.57 Å². The average Bonchev–Trinajstić information content (AvgIpc) is 2.89. The van der Waals surface area contributed by atoms with E-state index in [9.17, 15) is 20.0 Å². The number of rotatable bonds is 4. The van der Waals surface area contributed by atoms with Gasteiger partial charge in [-0.2, -0.15) is 4.57 Å². The van der Waals surface area contributed by atoms with Crippen molar-refractivity contribution in [3.63, 3.8) is 0 Å². The van der Waals surface area contributed by atoms with Gasteiger partial charge in [0.05, 0.1) is 10.5 Å². The topological polar surface area (TPSA) is 97.5 Å². The molecule has 0 aliphatic carbocycles. The van der Waals surface area contributed by atoms with Gasteiger partial charge < -0.3 is 9.52 Å². The minimum atomic E-state index is -0.545. The van der Waals surface area contributed by atoms with Crippen LogP contribution in [0.2, 0.25) is 0 Å². The largest absolute Gasteiger partial charge is 0.476 e. The number of aromatic nitrogens is 1. The molecule has 0 atom stereocenters. The minimum absolute atomic E-state index is 0.0253.